The van der Waals surface area contributed by atoms with Crippen LogP contribution in [0, 0.1) is 5.82 Å². The van der Waals surface area contributed by atoms with E-state index < -0.39 is 5.60 Å². The number of aliphatic hydroxyl groups is 1. The molecule has 0 atom stereocenters. The zero-order valence-electron chi connectivity index (χ0n) is 14.1. The maximum atomic E-state index is 13.4. The fourth-order valence-corrected chi connectivity index (χ4v) is 2.89. The second-order valence-corrected chi connectivity index (χ2v) is 5.68. The first kappa shape index (κ1) is 17.0. The van der Waals surface area contributed by atoms with Crippen molar-refractivity contribution in [2.75, 3.05) is 14.2 Å². The average molecular weight is 338 g/mol. The van der Waals surface area contributed by atoms with Crippen molar-refractivity contribution >= 4 is 0 Å². The molecule has 3 rings (SSSR count). The van der Waals surface area contributed by atoms with Gasteiger partial charge in [0.1, 0.15) is 22.9 Å². The third kappa shape index (κ3) is 3.21. The molecule has 3 aromatic carbocycles. The summed E-state index contributed by atoms with van der Waals surface area (Å²) in [5.74, 6) is 0.893. The summed E-state index contributed by atoms with van der Waals surface area (Å²) in [5, 5.41) is 11.7. The highest BCUT2D eigenvalue weighted by molar-refractivity contribution is 5.50. The van der Waals surface area contributed by atoms with Crippen LogP contribution >= 0.6 is 0 Å². The van der Waals surface area contributed by atoms with Crippen LogP contribution in [0.2, 0.25) is 0 Å². The van der Waals surface area contributed by atoms with Crippen LogP contribution in [-0.4, -0.2) is 19.3 Å². The minimum Gasteiger partial charge on any atom is -0.497 e. The molecular formula is C21H19FO3. The molecule has 0 saturated heterocycles. The molecule has 1 N–H and O–H groups in total. The minimum absolute atomic E-state index is 0.359. The molecule has 0 aromatic heterocycles. The number of hydrogen-bond acceptors (Lipinski definition) is 3. The van der Waals surface area contributed by atoms with Gasteiger partial charge in [-0.15, -0.1) is 0 Å². The number of ether oxygens (including phenoxy) is 2. The van der Waals surface area contributed by atoms with E-state index in [0.717, 1.165) is 0 Å². The summed E-state index contributed by atoms with van der Waals surface area (Å²) < 4.78 is 24.0. The van der Waals surface area contributed by atoms with Crippen molar-refractivity contribution in [2.24, 2.45) is 0 Å². The smallest absolute Gasteiger partial charge is 0.140 e. The molecule has 128 valence electrons. The number of hydrogen-bond donors (Lipinski definition) is 1. The molecule has 0 bridgehead atoms. The van der Waals surface area contributed by atoms with Crippen LogP contribution in [-0.2, 0) is 5.60 Å². The Morgan fingerprint density at radius 1 is 0.720 bits per heavy atom. The van der Waals surface area contributed by atoms with Crippen molar-refractivity contribution in [3.8, 4) is 11.5 Å². The number of benzene rings is 3. The van der Waals surface area contributed by atoms with Crippen molar-refractivity contribution < 1.29 is 19.0 Å². The van der Waals surface area contributed by atoms with E-state index in [1.807, 2.05) is 24.3 Å². The third-order valence-corrected chi connectivity index (χ3v) is 4.24. The third-order valence-electron chi connectivity index (χ3n) is 4.24. The Morgan fingerprint density at radius 2 is 1.20 bits per heavy atom. The van der Waals surface area contributed by atoms with Gasteiger partial charge in [0.05, 0.1) is 14.2 Å². The Morgan fingerprint density at radius 3 is 1.64 bits per heavy atom. The molecule has 0 aliphatic heterocycles. The molecule has 4 heteroatoms. The summed E-state index contributed by atoms with van der Waals surface area (Å²) in [7, 11) is 3.14. The van der Waals surface area contributed by atoms with Gasteiger partial charge in [0.25, 0.3) is 0 Å². The van der Waals surface area contributed by atoms with E-state index in [2.05, 4.69) is 0 Å². The van der Waals surface area contributed by atoms with E-state index in [1.54, 1.807) is 50.6 Å². The molecule has 0 aliphatic carbocycles. The fraction of sp³-hybridized carbons (Fsp3) is 0.143. The summed E-state index contributed by atoms with van der Waals surface area (Å²) in [5.41, 5.74) is 0.311. The van der Waals surface area contributed by atoms with E-state index in [-0.39, 0.29) is 5.82 Å². The topological polar surface area (TPSA) is 38.7 Å². The highest BCUT2D eigenvalue weighted by Gasteiger charge is 2.34. The van der Waals surface area contributed by atoms with Crippen molar-refractivity contribution in [3.63, 3.8) is 0 Å². The van der Waals surface area contributed by atoms with Crippen molar-refractivity contribution in [2.45, 2.75) is 5.60 Å². The lowest BCUT2D eigenvalue weighted by Crippen LogP contribution is -2.29. The highest BCUT2D eigenvalue weighted by Crippen LogP contribution is 2.39. The van der Waals surface area contributed by atoms with Crippen LogP contribution in [0.3, 0.4) is 0 Å². The predicted octanol–water partition coefficient (Wildman–Crippen LogP) is 4.13. The molecule has 0 fully saturated rings. The van der Waals surface area contributed by atoms with Crippen molar-refractivity contribution in [1.82, 2.24) is 0 Å². The van der Waals surface area contributed by atoms with E-state index in [1.165, 1.54) is 12.1 Å². The highest BCUT2D eigenvalue weighted by atomic mass is 19.1. The Bertz CT molecular complexity index is 812. The molecule has 0 heterocycles. The van der Waals surface area contributed by atoms with Crippen molar-refractivity contribution in [3.05, 3.63) is 95.3 Å². The SMILES string of the molecule is COc1cccc(C(O)(c2ccc(F)cc2)c2cccc(OC)c2)c1. The van der Waals surface area contributed by atoms with Crippen LogP contribution < -0.4 is 9.47 Å². The second kappa shape index (κ2) is 6.95. The van der Waals surface area contributed by atoms with Gasteiger partial charge in [-0.1, -0.05) is 36.4 Å². The first-order valence-electron chi connectivity index (χ1n) is 7.85. The van der Waals surface area contributed by atoms with Crippen LogP contribution in [0.5, 0.6) is 11.5 Å². The molecule has 0 unspecified atom stereocenters. The average Bonchev–Trinajstić information content (AvgIpc) is 2.68. The monoisotopic (exact) mass is 338 g/mol. The van der Waals surface area contributed by atoms with Crippen LogP contribution in [0.1, 0.15) is 16.7 Å². The van der Waals surface area contributed by atoms with Gasteiger partial charge >= 0.3 is 0 Å². The number of halogens is 1. The molecule has 0 amide bonds. The molecule has 3 aromatic rings. The van der Waals surface area contributed by atoms with Gasteiger partial charge < -0.3 is 14.6 Å². The zero-order valence-corrected chi connectivity index (χ0v) is 14.1. The van der Waals surface area contributed by atoms with E-state index in [9.17, 15) is 9.50 Å². The quantitative estimate of drug-likeness (QED) is 0.711. The summed E-state index contributed by atoms with van der Waals surface area (Å²) >= 11 is 0. The second-order valence-electron chi connectivity index (χ2n) is 5.68. The van der Waals surface area contributed by atoms with Crippen LogP contribution in [0.25, 0.3) is 0 Å². The minimum atomic E-state index is -1.48. The van der Waals surface area contributed by atoms with E-state index >= 15 is 0 Å². The van der Waals surface area contributed by atoms with E-state index in [0.29, 0.717) is 28.2 Å². The Balaban J connectivity index is 2.24. The molecule has 3 nitrogen and oxygen atoms in total. The summed E-state index contributed by atoms with van der Waals surface area (Å²) in [6, 6.07) is 20.2. The number of rotatable bonds is 5. The predicted molar refractivity (Wildman–Crippen MR) is 94.5 cm³/mol. The molecule has 25 heavy (non-hydrogen) atoms. The van der Waals surface area contributed by atoms with Crippen LogP contribution in [0.15, 0.2) is 72.8 Å². The lowest BCUT2D eigenvalue weighted by atomic mass is 9.80. The Kier molecular flexibility index (Phi) is 4.72. The maximum absolute atomic E-state index is 13.4. The normalized spacial score (nSPS) is 11.2. The molecule has 0 radical (unpaired) electrons. The lowest BCUT2D eigenvalue weighted by molar-refractivity contribution is 0.125. The van der Waals surface area contributed by atoms with Gasteiger partial charge in [-0.05, 0) is 53.1 Å². The van der Waals surface area contributed by atoms with Gasteiger partial charge in [0.2, 0.25) is 0 Å². The summed E-state index contributed by atoms with van der Waals surface area (Å²) in [4.78, 5) is 0. The van der Waals surface area contributed by atoms with Gasteiger partial charge in [0, 0.05) is 0 Å². The molecular weight excluding hydrogens is 319 g/mol. The summed E-state index contributed by atoms with van der Waals surface area (Å²) in [6.45, 7) is 0. The van der Waals surface area contributed by atoms with Crippen molar-refractivity contribution in [1.29, 1.82) is 0 Å². The Hall–Kier alpha value is -2.85. The van der Waals surface area contributed by atoms with Gasteiger partial charge in [-0.3, -0.25) is 0 Å². The van der Waals surface area contributed by atoms with Crippen LogP contribution in [0.4, 0.5) is 4.39 Å². The zero-order chi connectivity index (χ0) is 17.9. The fourth-order valence-electron chi connectivity index (χ4n) is 2.89. The van der Waals surface area contributed by atoms with Gasteiger partial charge in [-0.25, -0.2) is 4.39 Å². The Labute approximate surface area is 146 Å². The lowest BCUT2D eigenvalue weighted by Gasteiger charge is -2.30. The molecule has 0 aliphatic rings. The number of methoxy groups -OCH3 is 2. The standard InChI is InChI=1S/C21H19FO3/c1-24-19-7-3-5-16(13-19)21(23,15-9-11-18(22)12-10-15)17-6-4-8-20(14-17)25-2/h3-14,23H,1-2H3. The summed E-state index contributed by atoms with van der Waals surface area (Å²) in [6.07, 6.45) is 0. The first-order chi connectivity index (χ1) is 12.1. The maximum Gasteiger partial charge on any atom is 0.140 e. The largest absolute Gasteiger partial charge is 0.497 e. The first-order valence-corrected chi connectivity index (χ1v) is 7.85. The van der Waals surface area contributed by atoms with E-state index in [4.69, 9.17) is 9.47 Å². The molecule has 0 saturated carbocycles. The molecule has 0 spiro atoms. The van der Waals surface area contributed by atoms with Gasteiger partial charge in [-0.2, -0.15) is 0 Å². The van der Waals surface area contributed by atoms with Gasteiger partial charge in [0.15, 0.2) is 0 Å².